The number of hydrogen-bond donors (Lipinski definition) is 2. The highest BCUT2D eigenvalue weighted by molar-refractivity contribution is 5.97. The van der Waals surface area contributed by atoms with Crippen molar-refractivity contribution in [1.82, 2.24) is 10.5 Å². The third-order valence-electron chi connectivity index (χ3n) is 5.47. The second-order valence-electron chi connectivity index (χ2n) is 7.46. The van der Waals surface area contributed by atoms with Crippen LogP contribution in [0.2, 0.25) is 0 Å². The Labute approximate surface area is 182 Å². The number of halogens is 1. The molecule has 0 aliphatic heterocycles. The maximum Gasteiger partial charge on any atom is 0.255 e. The molecule has 158 valence electrons. The van der Waals surface area contributed by atoms with Crippen molar-refractivity contribution < 1.29 is 14.1 Å². The molecule has 7 heteroatoms. The molecule has 4 rings (SSSR count). The van der Waals surface area contributed by atoms with Crippen LogP contribution in [0.4, 0.5) is 5.69 Å². The van der Waals surface area contributed by atoms with Gasteiger partial charge in [-0.1, -0.05) is 23.4 Å². The Balaban J connectivity index is 0.00000256. The molecule has 3 N–H and O–H groups in total. The largest absolute Gasteiger partial charge is 0.488 e. The number of nitrogens with one attached hydrogen (secondary N) is 1. The summed E-state index contributed by atoms with van der Waals surface area (Å²) in [6.45, 7) is 4.03. The number of benzene rings is 2. The van der Waals surface area contributed by atoms with Gasteiger partial charge in [0.2, 0.25) is 0 Å². The van der Waals surface area contributed by atoms with Gasteiger partial charge in [0, 0.05) is 5.69 Å². The Kier molecular flexibility index (Phi) is 6.67. The molecular weight excluding hydrogens is 402 g/mol. The third kappa shape index (κ3) is 4.44. The summed E-state index contributed by atoms with van der Waals surface area (Å²) in [5, 5.41) is 7.12. The molecule has 0 saturated heterocycles. The van der Waals surface area contributed by atoms with Gasteiger partial charge in [-0.15, -0.1) is 12.4 Å². The van der Waals surface area contributed by atoms with Crippen molar-refractivity contribution in [1.29, 1.82) is 0 Å². The number of para-hydroxylation sites is 1. The number of fused-ring (bicyclic) bond motifs is 1. The van der Waals surface area contributed by atoms with Crippen molar-refractivity contribution >= 4 is 24.0 Å². The van der Waals surface area contributed by atoms with E-state index in [0.29, 0.717) is 17.9 Å². The van der Waals surface area contributed by atoms with Gasteiger partial charge >= 0.3 is 0 Å². The van der Waals surface area contributed by atoms with Crippen LogP contribution in [-0.2, 0) is 13.0 Å². The predicted octanol–water partition coefficient (Wildman–Crippen LogP) is 4.68. The lowest BCUT2D eigenvalue weighted by Gasteiger charge is -2.27. The summed E-state index contributed by atoms with van der Waals surface area (Å²) in [4.78, 5) is 13.1. The van der Waals surface area contributed by atoms with Crippen molar-refractivity contribution in [3.8, 4) is 5.75 Å². The number of ether oxygens (including phenoxy) is 1. The number of carbonyl (C=O) groups excluding carboxylic acids is 1. The number of anilines is 1. The number of amides is 1. The van der Waals surface area contributed by atoms with Gasteiger partial charge in [-0.25, -0.2) is 0 Å². The molecule has 1 aliphatic rings. The zero-order chi connectivity index (χ0) is 20.4. The van der Waals surface area contributed by atoms with E-state index in [9.17, 15) is 4.79 Å². The van der Waals surface area contributed by atoms with Crippen molar-refractivity contribution in [3.05, 3.63) is 76.2 Å². The van der Waals surface area contributed by atoms with Gasteiger partial charge in [-0.2, -0.15) is 0 Å². The minimum absolute atomic E-state index is 0. The molecule has 0 fully saturated rings. The first-order chi connectivity index (χ1) is 14.0. The minimum atomic E-state index is -0.144. The number of aromatic nitrogens is 1. The van der Waals surface area contributed by atoms with Crippen LogP contribution in [-0.4, -0.2) is 11.1 Å². The Morgan fingerprint density at radius 1 is 1.27 bits per heavy atom. The van der Waals surface area contributed by atoms with E-state index in [2.05, 4.69) is 10.5 Å². The van der Waals surface area contributed by atoms with E-state index in [1.807, 2.05) is 50.2 Å². The molecule has 1 atom stereocenters. The number of hydrogen-bond acceptors (Lipinski definition) is 5. The first-order valence-electron chi connectivity index (χ1n) is 9.85. The minimum Gasteiger partial charge on any atom is -0.488 e. The lowest BCUT2D eigenvalue weighted by atomic mass is 9.87. The average Bonchev–Trinajstić information content (AvgIpc) is 3.04. The molecule has 1 amide bonds. The number of nitrogens with two attached hydrogens (primary N) is 1. The Morgan fingerprint density at radius 3 is 2.83 bits per heavy atom. The van der Waals surface area contributed by atoms with Crippen molar-refractivity contribution in [2.24, 2.45) is 0 Å². The second kappa shape index (κ2) is 9.22. The first-order valence-corrected chi connectivity index (χ1v) is 9.85. The molecule has 1 heterocycles. The SMILES string of the molecule is Cc1noc(C)c1COc1ccccc1C(=O)NC1CCCc2cc(N)ccc21.Cl. The van der Waals surface area contributed by atoms with Gasteiger partial charge in [0.25, 0.3) is 5.91 Å². The fourth-order valence-corrected chi connectivity index (χ4v) is 3.86. The maximum absolute atomic E-state index is 13.1. The molecule has 0 saturated carbocycles. The summed E-state index contributed by atoms with van der Waals surface area (Å²) >= 11 is 0. The van der Waals surface area contributed by atoms with Gasteiger partial charge in [0.15, 0.2) is 0 Å². The van der Waals surface area contributed by atoms with E-state index in [1.165, 1.54) is 5.56 Å². The summed E-state index contributed by atoms with van der Waals surface area (Å²) in [5.41, 5.74) is 11.2. The number of nitrogen functional groups attached to an aromatic ring is 1. The topological polar surface area (TPSA) is 90.4 Å². The Bertz CT molecular complexity index is 1030. The van der Waals surface area contributed by atoms with Crippen LogP contribution in [0.1, 0.15) is 57.4 Å². The van der Waals surface area contributed by atoms with Crippen LogP contribution >= 0.6 is 12.4 Å². The van der Waals surface area contributed by atoms with Crippen LogP contribution in [0.15, 0.2) is 47.0 Å². The Hall–Kier alpha value is -2.99. The standard InChI is InChI=1S/C23H25N3O3.ClH/c1-14-20(15(2)29-26-14)13-28-22-9-4-3-7-19(22)23(27)25-21-8-5-6-16-12-17(24)10-11-18(16)21;/h3-4,7,9-12,21H,5-6,8,13,24H2,1-2H3,(H,25,27);1H. The second-order valence-corrected chi connectivity index (χ2v) is 7.46. The fraction of sp³-hybridized carbons (Fsp3) is 0.304. The van der Waals surface area contributed by atoms with Crippen LogP contribution in [0.5, 0.6) is 5.75 Å². The summed E-state index contributed by atoms with van der Waals surface area (Å²) in [6, 6.07) is 13.2. The molecule has 0 spiro atoms. The molecule has 0 radical (unpaired) electrons. The maximum atomic E-state index is 13.1. The molecule has 3 aromatic rings. The predicted molar refractivity (Wildman–Crippen MR) is 118 cm³/mol. The highest BCUT2D eigenvalue weighted by Crippen LogP contribution is 2.32. The summed E-state index contributed by atoms with van der Waals surface area (Å²) in [5.74, 6) is 1.12. The quantitative estimate of drug-likeness (QED) is 0.577. The number of aryl methyl sites for hydroxylation is 3. The van der Waals surface area contributed by atoms with E-state index < -0.39 is 0 Å². The molecule has 0 bridgehead atoms. The van der Waals surface area contributed by atoms with Crippen molar-refractivity contribution in [3.63, 3.8) is 0 Å². The lowest BCUT2D eigenvalue weighted by molar-refractivity contribution is 0.0928. The van der Waals surface area contributed by atoms with Gasteiger partial charge in [0.05, 0.1) is 22.9 Å². The van der Waals surface area contributed by atoms with Crippen LogP contribution in [0, 0.1) is 13.8 Å². The van der Waals surface area contributed by atoms with Gasteiger partial charge in [0.1, 0.15) is 18.1 Å². The van der Waals surface area contributed by atoms with E-state index in [1.54, 1.807) is 6.07 Å². The van der Waals surface area contributed by atoms with Crippen molar-refractivity contribution in [2.45, 2.75) is 45.8 Å². The third-order valence-corrected chi connectivity index (χ3v) is 5.47. The van der Waals surface area contributed by atoms with Gasteiger partial charge < -0.3 is 20.3 Å². The molecule has 1 aliphatic carbocycles. The van der Waals surface area contributed by atoms with E-state index in [4.69, 9.17) is 15.0 Å². The molecule has 30 heavy (non-hydrogen) atoms. The van der Waals surface area contributed by atoms with E-state index in [0.717, 1.165) is 47.5 Å². The monoisotopic (exact) mass is 427 g/mol. The smallest absolute Gasteiger partial charge is 0.255 e. The normalized spacial score (nSPS) is 15.1. The lowest BCUT2D eigenvalue weighted by Crippen LogP contribution is -2.31. The van der Waals surface area contributed by atoms with E-state index in [-0.39, 0.29) is 24.4 Å². The zero-order valence-electron chi connectivity index (χ0n) is 17.1. The molecule has 2 aromatic carbocycles. The van der Waals surface area contributed by atoms with E-state index >= 15 is 0 Å². The van der Waals surface area contributed by atoms with Crippen LogP contribution in [0.25, 0.3) is 0 Å². The Morgan fingerprint density at radius 2 is 2.07 bits per heavy atom. The molecular formula is C23H26ClN3O3. The van der Waals surface area contributed by atoms with Gasteiger partial charge in [-0.3, -0.25) is 4.79 Å². The summed E-state index contributed by atoms with van der Waals surface area (Å²) in [6.07, 6.45) is 2.92. The number of rotatable bonds is 5. The summed E-state index contributed by atoms with van der Waals surface area (Å²) < 4.78 is 11.1. The molecule has 6 nitrogen and oxygen atoms in total. The molecule has 1 unspecified atom stereocenters. The fourth-order valence-electron chi connectivity index (χ4n) is 3.86. The highest BCUT2D eigenvalue weighted by Gasteiger charge is 2.24. The average molecular weight is 428 g/mol. The highest BCUT2D eigenvalue weighted by atomic mass is 35.5. The zero-order valence-corrected chi connectivity index (χ0v) is 17.9. The first kappa shape index (κ1) is 21.7. The van der Waals surface area contributed by atoms with Gasteiger partial charge in [-0.05, 0) is 68.5 Å². The summed E-state index contributed by atoms with van der Waals surface area (Å²) in [7, 11) is 0. The van der Waals surface area contributed by atoms with Crippen molar-refractivity contribution in [2.75, 3.05) is 5.73 Å². The molecule has 1 aromatic heterocycles. The van der Waals surface area contributed by atoms with Crippen LogP contribution < -0.4 is 15.8 Å². The number of nitrogens with zero attached hydrogens (tertiary/aromatic N) is 1. The van der Waals surface area contributed by atoms with Crippen LogP contribution in [0.3, 0.4) is 0 Å². The number of carbonyl (C=O) groups is 1.